The van der Waals surface area contributed by atoms with Crippen LogP contribution in [0.25, 0.3) is 0 Å². The van der Waals surface area contributed by atoms with E-state index in [0.717, 1.165) is 30.4 Å². The van der Waals surface area contributed by atoms with E-state index in [4.69, 9.17) is 4.98 Å². The lowest BCUT2D eigenvalue weighted by molar-refractivity contribution is 0.654. The molecule has 19 heavy (non-hydrogen) atoms. The molecule has 3 nitrogen and oxygen atoms in total. The topological polar surface area (TPSA) is 41.6 Å². The van der Waals surface area contributed by atoms with Gasteiger partial charge in [0, 0.05) is 12.3 Å². The normalized spacial score (nSPS) is 27.7. The Kier molecular flexibility index (Phi) is 2.47. The number of rotatable bonds is 3. The first kappa shape index (κ1) is 11.2. The summed E-state index contributed by atoms with van der Waals surface area (Å²) in [6.07, 6.45) is 4.64. The predicted molar refractivity (Wildman–Crippen MR) is 74.1 cm³/mol. The van der Waals surface area contributed by atoms with E-state index in [-0.39, 0.29) is 0 Å². The van der Waals surface area contributed by atoms with E-state index in [1.54, 1.807) is 5.56 Å². The number of nitrogens with zero attached hydrogens (tertiary/aromatic N) is 2. The van der Waals surface area contributed by atoms with Crippen LogP contribution in [0.4, 0.5) is 0 Å². The fourth-order valence-electron chi connectivity index (χ4n) is 3.73. The first-order chi connectivity index (χ1) is 9.38. The molecule has 2 aliphatic carbocycles. The molecule has 0 aliphatic heterocycles. The Morgan fingerprint density at radius 2 is 2.16 bits per heavy atom. The fraction of sp³-hybridized carbons (Fsp3) is 0.500. The molecule has 0 bridgehead atoms. The molecular formula is C16H19N3. The van der Waals surface area contributed by atoms with Gasteiger partial charge in [-0.05, 0) is 42.2 Å². The Bertz CT molecular complexity index is 602. The molecule has 3 atom stereocenters. The quantitative estimate of drug-likeness (QED) is 0.912. The van der Waals surface area contributed by atoms with E-state index in [1.807, 2.05) is 0 Å². The number of benzene rings is 1. The number of aryl methyl sites for hydroxylation is 2. The maximum Gasteiger partial charge on any atom is 0.154 e. The number of aromatic nitrogens is 3. The van der Waals surface area contributed by atoms with Gasteiger partial charge < -0.3 is 0 Å². The first-order valence-electron chi connectivity index (χ1n) is 7.37. The maximum atomic E-state index is 4.69. The highest BCUT2D eigenvalue weighted by Crippen LogP contribution is 2.64. The van der Waals surface area contributed by atoms with Crippen LogP contribution in [-0.2, 0) is 12.8 Å². The van der Waals surface area contributed by atoms with Gasteiger partial charge in [0.15, 0.2) is 5.82 Å². The summed E-state index contributed by atoms with van der Waals surface area (Å²) in [6.45, 7) is 2.18. The van der Waals surface area contributed by atoms with Gasteiger partial charge in [-0.25, -0.2) is 4.98 Å². The van der Waals surface area contributed by atoms with E-state index in [2.05, 4.69) is 41.4 Å². The van der Waals surface area contributed by atoms with Crippen molar-refractivity contribution in [3.05, 3.63) is 47.0 Å². The van der Waals surface area contributed by atoms with Gasteiger partial charge in [-0.3, -0.25) is 5.10 Å². The lowest BCUT2D eigenvalue weighted by Gasteiger charge is -2.13. The highest BCUT2D eigenvalue weighted by molar-refractivity contribution is 5.42. The number of nitrogens with one attached hydrogen (secondary N) is 1. The average Bonchev–Trinajstić information content (AvgIpc) is 3.02. The number of H-pyrrole nitrogens is 1. The van der Waals surface area contributed by atoms with Crippen LogP contribution < -0.4 is 0 Å². The van der Waals surface area contributed by atoms with Gasteiger partial charge in [0.2, 0.25) is 0 Å². The van der Waals surface area contributed by atoms with Gasteiger partial charge in [-0.15, -0.1) is 0 Å². The zero-order chi connectivity index (χ0) is 12.8. The van der Waals surface area contributed by atoms with E-state index in [1.165, 1.54) is 18.4 Å². The summed E-state index contributed by atoms with van der Waals surface area (Å²) >= 11 is 0. The zero-order valence-electron chi connectivity index (χ0n) is 11.3. The molecule has 2 aromatic rings. The number of aromatic amines is 1. The van der Waals surface area contributed by atoms with Crippen LogP contribution in [0, 0.1) is 5.92 Å². The van der Waals surface area contributed by atoms with Crippen LogP contribution in [0.2, 0.25) is 0 Å². The highest BCUT2D eigenvalue weighted by atomic mass is 15.2. The fourth-order valence-corrected chi connectivity index (χ4v) is 3.73. The summed E-state index contributed by atoms with van der Waals surface area (Å²) in [7, 11) is 0. The number of fused-ring (bicyclic) bond motifs is 3. The van der Waals surface area contributed by atoms with Crippen molar-refractivity contribution in [3.8, 4) is 0 Å². The first-order valence-corrected chi connectivity index (χ1v) is 7.37. The number of hydrogen-bond donors (Lipinski definition) is 1. The largest absolute Gasteiger partial charge is 0.263 e. The van der Waals surface area contributed by atoms with Gasteiger partial charge in [0.05, 0.1) is 0 Å². The molecule has 2 aliphatic rings. The summed E-state index contributed by atoms with van der Waals surface area (Å²) in [4.78, 5) is 4.69. The Labute approximate surface area is 113 Å². The molecule has 98 valence electrons. The minimum absolute atomic E-state index is 0.561. The Morgan fingerprint density at radius 1 is 1.26 bits per heavy atom. The lowest BCUT2D eigenvalue weighted by atomic mass is 9.92. The molecule has 1 saturated carbocycles. The van der Waals surface area contributed by atoms with Crippen LogP contribution in [0.15, 0.2) is 24.3 Å². The Hall–Kier alpha value is -1.64. The molecule has 3 heteroatoms. The van der Waals surface area contributed by atoms with Crippen molar-refractivity contribution >= 4 is 0 Å². The minimum Gasteiger partial charge on any atom is -0.263 e. The van der Waals surface area contributed by atoms with Crippen LogP contribution >= 0.6 is 0 Å². The van der Waals surface area contributed by atoms with Gasteiger partial charge >= 0.3 is 0 Å². The van der Waals surface area contributed by atoms with E-state index in [0.29, 0.717) is 11.8 Å². The molecule has 1 fully saturated rings. The van der Waals surface area contributed by atoms with E-state index in [9.17, 15) is 0 Å². The van der Waals surface area contributed by atoms with Crippen molar-refractivity contribution in [1.29, 1.82) is 0 Å². The second-order valence-electron chi connectivity index (χ2n) is 5.84. The summed E-state index contributed by atoms with van der Waals surface area (Å²) in [5.41, 5.74) is 3.08. The van der Waals surface area contributed by atoms with Crippen LogP contribution in [0.3, 0.4) is 0 Å². The molecule has 1 heterocycles. The summed E-state index contributed by atoms with van der Waals surface area (Å²) in [5, 5.41) is 7.56. The second kappa shape index (κ2) is 4.19. The van der Waals surface area contributed by atoms with Gasteiger partial charge in [-0.1, -0.05) is 31.2 Å². The SMILES string of the molecule is CCCc1nc(C2C3CCc4ccccc4C32)n[nH]1. The van der Waals surface area contributed by atoms with Crippen molar-refractivity contribution < 1.29 is 0 Å². The molecule has 1 N–H and O–H groups in total. The van der Waals surface area contributed by atoms with Crippen molar-refractivity contribution in [2.75, 3.05) is 0 Å². The Morgan fingerprint density at radius 3 is 3.05 bits per heavy atom. The molecule has 1 aromatic heterocycles. The maximum absolute atomic E-state index is 4.69. The summed E-state index contributed by atoms with van der Waals surface area (Å²) in [5.74, 6) is 4.12. The number of hydrogen-bond acceptors (Lipinski definition) is 2. The van der Waals surface area contributed by atoms with Crippen molar-refractivity contribution in [3.63, 3.8) is 0 Å². The van der Waals surface area contributed by atoms with Crippen LogP contribution in [0.1, 0.15) is 54.4 Å². The minimum atomic E-state index is 0.561. The molecule has 4 rings (SSSR count). The molecule has 0 saturated heterocycles. The molecule has 1 aromatic carbocycles. The molecule has 0 radical (unpaired) electrons. The van der Waals surface area contributed by atoms with Gasteiger partial charge in [0.25, 0.3) is 0 Å². The third kappa shape index (κ3) is 1.71. The predicted octanol–water partition coefficient (Wildman–Crippen LogP) is 3.20. The van der Waals surface area contributed by atoms with Crippen LogP contribution in [0.5, 0.6) is 0 Å². The molecule has 0 amide bonds. The van der Waals surface area contributed by atoms with E-state index < -0.39 is 0 Å². The second-order valence-corrected chi connectivity index (χ2v) is 5.84. The zero-order valence-corrected chi connectivity index (χ0v) is 11.3. The molecule has 0 spiro atoms. The third-order valence-corrected chi connectivity index (χ3v) is 4.66. The molecular weight excluding hydrogens is 234 g/mol. The van der Waals surface area contributed by atoms with Crippen LogP contribution in [-0.4, -0.2) is 15.2 Å². The average molecular weight is 253 g/mol. The smallest absolute Gasteiger partial charge is 0.154 e. The Balaban J connectivity index is 1.62. The summed E-state index contributed by atoms with van der Waals surface area (Å²) < 4.78 is 0. The third-order valence-electron chi connectivity index (χ3n) is 4.66. The van der Waals surface area contributed by atoms with Crippen molar-refractivity contribution in [1.82, 2.24) is 15.2 Å². The van der Waals surface area contributed by atoms with Crippen molar-refractivity contribution in [2.45, 2.75) is 44.4 Å². The highest BCUT2D eigenvalue weighted by Gasteiger charge is 2.55. The van der Waals surface area contributed by atoms with E-state index >= 15 is 0 Å². The molecule has 3 unspecified atom stereocenters. The monoisotopic (exact) mass is 253 g/mol. The standard InChI is InChI=1S/C16H19N3/c1-2-5-13-17-16(19-18-13)15-12-9-8-10-6-3-4-7-11(10)14(12)15/h3-4,6-7,12,14-15H,2,5,8-9H2,1H3,(H,17,18,19). The van der Waals surface area contributed by atoms with Gasteiger partial charge in [0.1, 0.15) is 5.82 Å². The lowest BCUT2D eigenvalue weighted by Crippen LogP contribution is -2.00. The van der Waals surface area contributed by atoms with Gasteiger partial charge in [-0.2, -0.15) is 5.10 Å². The van der Waals surface area contributed by atoms with Crippen molar-refractivity contribution in [2.24, 2.45) is 5.92 Å². The summed E-state index contributed by atoms with van der Waals surface area (Å²) in [6, 6.07) is 8.90.